The molecule has 1 atom stereocenters. The van der Waals surface area contributed by atoms with Gasteiger partial charge in [0.25, 0.3) is 5.91 Å². The highest BCUT2D eigenvalue weighted by Gasteiger charge is 2.39. The van der Waals surface area contributed by atoms with Gasteiger partial charge in [0.15, 0.2) is 0 Å². The number of piperazine rings is 1. The van der Waals surface area contributed by atoms with Crippen molar-refractivity contribution in [3.05, 3.63) is 77.1 Å². The van der Waals surface area contributed by atoms with Crippen LogP contribution in [-0.4, -0.2) is 54.8 Å². The van der Waals surface area contributed by atoms with Gasteiger partial charge in [-0.15, -0.1) is 5.54 Å². The molecule has 1 aliphatic heterocycles. The fourth-order valence-electron chi connectivity index (χ4n) is 4.03. The SMILES string of the molecule is CN1C(=O)C(Cc2ccccc2)N(C)C(=O)C1=Cc1c[nH]c2cccc(C#C[Si](C)(C)C)c12. The lowest BCUT2D eigenvalue weighted by Crippen LogP contribution is -2.56. The maximum Gasteiger partial charge on any atom is 0.271 e. The average molecular weight is 456 g/mol. The number of fused-ring (bicyclic) bond motifs is 1. The Balaban J connectivity index is 1.72. The number of aromatic nitrogens is 1. The number of aromatic amines is 1. The molecule has 1 aliphatic rings. The van der Waals surface area contributed by atoms with Gasteiger partial charge in [0.05, 0.1) is 0 Å². The van der Waals surface area contributed by atoms with Crippen molar-refractivity contribution < 1.29 is 9.59 Å². The quantitative estimate of drug-likeness (QED) is 0.364. The highest BCUT2D eigenvalue weighted by atomic mass is 28.3. The number of rotatable bonds is 3. The third kappa shape index (κ3) is 4.64. The molecule has 0 spiro atoms. The lowest BCUT2D eigenvalue weighted by molar-refractivity contribution is -0.148. The van der Waals surface area contributed by atoms with Crippen LogP contribution in [0.15, 0.2) is 60.4 Å². The number of carbonyl (C=O) groups is 2. The molecule has 2 aromatic carbocycles. The van der Waals surface area contributed by atoms with Gasteiger partial charge in [0.1, 0.15) is 19.8 Å². The van der Waals surface area contributed by atoms with Gasteiger partial charge in [0.2, 0.25) is 5.91 Å². The van der Waals surface area contributed by atoms with Crippen molar-refractivity contribution in [2.45, 2.75) is 32.1 Å². The van der Waals surface area contributed by atoms with Gasteiger partial charge in [-0.05, 0) is 23.8 Å². The van der Waals surface area contributed by atoms with Crippen molar-refractivity contribution in [1.29, 1.82) is 0 Å². The second kappa shape index (κ2) is 8.76. The maximum absolute atomic E-state index is 13.3. The third-order valence-corrected chi connectivity index (χ3v) is 6.73. The fourth-order valence-corrected chi connectivity index (χ4v) is 4.53. The minimum absolute atomic E-state index is 0.0919. The largest absolute Gasteiger partial charge is 0.361 e. The third-order valence-electron chi connectivity index (χ3n) is 5.86. The summed E-state index contributed by atoms with van der Waals surface area (Å²) in [5, 5.41) is 0.971. The first-order valence-corrected chi connectivity index (χ1v) is 14.6. The molecule has 1 fully saturated rings. The molecule has 6 heteroatoms. The molecule has 33 heavy (non-hydrogen) atoms. The Labute approximate surface area is 196 Å². The first-order valence-electron chi connectivity index (χ1n) is 11.1. The molecule has 2 heterocycles. The van der Waals surface area contributed by atoms with Crippen molar-refractivity contribution in [2.75, 3.05) is 14.1 Å². The number of benzene rings is 2. The van der Waals surface area contributed by atoms with E-state index >= 15 is 0 Å². The van der Waals surface area contributed by atoms with E-state index in [9.17, 15) is 9.59 Å². The number of amides is 2. The topological polar surface area (TPSA) is 56.4 Å². The summed E-state index contributed by atoms with van der Waals surface area (Å²) in [6.45, 7) is 6.63. The summed E-state index contributed by atoms with van der Waals surface area (Å²) in [6, 6.07) is 15.2. The first kappa shape index (κ1) is 22.6. The Morgan fingerprint density at radius 3 is 2.45 bits per heavy atom. The molecular weight excluding hydrogens is 426 g/mol. The molecule has 0 radical (unpaired) electrons. The zero-order chi connectivity index (χ0) is 23.8. The van der Waals surface area contributed by atoms with Crippen molar-refractivity contribution in [2.24, 2.45) is 0 Å². The Kier molecular flexibility index (Phi) is 6.01. The summed E-state index contributed by atoms with van der Waals surface area (Å²) in [5.74, 6) is 3.09. The predicted molar refractivity (Wildman–Crippen MR) is 136 cm³/mol. The van der Waals surface area contributed by atoms with Crippen LogP contribution in [0, 0.1) is 11.5 Å². The Bertz CT molecular complexity index is 1310. The van der Waals surface area contributed by atoms with Gasteiger partial charge in [0, 0.05) is 48.7 Å². The van der Waals surface area contributed by atoms with Crippen molar-refractivity contribution in [1.82, 2.24) is 14.8 Å². The monoisotopic (exact) mass is 455 g/mol. The first-order chi connectivity index (χ1) is 15.7. The molecule has 2 amide bonds. The van der Waals surface area contributed by atoms with Crippen molar-refractivity contribution in [3.8, 4) is 11.5 Å². The second-order valence-corrected chi connectivity index (χ2v) is 14.3. The van der Waals surface area contributed by atoms with E-state index in [1.807, 2.05) is 54.7 Å². The minimum atomic E-state index is -1.55. The van der Waals surface area contributed by atoms with Gasteiger partial charge in [-0.3, -0.25) is 9.59 Å². The number of hydrogen-bond donors (Lipinski definition) is 1. The molecule has 4 rings (SSSR count). The van der Waals surface area contributed by atoms with E-state index in [2.05, 4.69) is 36.1 Å². The molecule has 3 aromatic rings. The lowest BCUT2D eigenvalue weighted by atomic mass is 9.99. The van der Waals surface area contributed by atoms with E-state index in [1.54, 1.807) is 25.1 Å². The summed E-state index contributed by atoms with van der Waals surface area (Å²) < 4.78 is 0. The van der Waals surface area contributed by atoms with Crippen LogP contribution in [0.5, 0.6) is 0 Å². The van der Waals surface area contributed by atoms with E-state index in [1.165, 1.54) is 4.90 Å². The molecule has 168 valence electrons. The fraction of sp³-hybridized carbons (Fsp3) is 0.259. The molecule has 5 nitrogen and oxygen atoms in total. The normalized spacial score (nSPS) is 18.1. The summed E-state index contributed by atoms with van der Waals surface area (Å²) >= 11 is 0. The summed E-state index contributed by atoms with van der Waals surface area (Å²) in [7, 11) is 1.83. The number of nitrogens with one attached hydrogen (secondary N) is 1. The van der Waals surface area contributed by atoms with Crippen LogP contribution >= 0.6 is 0 Å². The number of hydrogen-bond acceptors (Lipinski definition) is 2. The molecule has 1 N–H and O–H groups in total. The molecule has 1 unspecified atom stereocenters. The van der Waals surface area contributed by atoms with E-state index < -0.39 is 14.1 Å². The summed E-state index contributed by atoms with van der Waals surface area (Å²) in [4.78, 5) is 32.9. The molecule has 1 saturated heterocycles. The minimum Gasteiger partial charge on any atom is -0.361 e. The van der Waals surface area contributed by atoms with Crippen LogP contribution < -0.4 is 0 Å². The average Bonchev–Trinajstić information content (AvgIpc) is 3.20. The lowest BCUT2D eigenvalue weighted by Gasteiger charge is -2.38. The van der Waals surface area contributed by atoms with E-state index in [-0.39, 0.29) is 11.8 Å². The van der Waals surface area contributed by atoms with Crippen molar-refractivity contribution in [3.63, 3.8) is 0 Å². The van der Waals surface area contributed by atoms with Crippen LogP contribution in [0.3, 0.4) is 0 Å². The molecule has 1 aromatic heterocycles. The van der Waals surface area contributed by atoms with Crippen molar-refractivity contribution >= 4 is 36.9 Å². The highest BCUT2D eigenvalue weighted by molar-refractivity contribution is 6.83. The molecular formula is C27H29N3O2Si. The van der Waals surface area contributed by atoms with Gasteiger partial charge in [-0.1, -0.05) is 62.0 Å². The zero-order valence-corrected chi connectivity index (χ0v) is 20.8. The second-order valence-electron chi connectivity index (χ2n) is 9.52. The summed E-state index contributed by atoms with van der Waals surface area (Å²) in [6.07, 6.45) is 4.16. The predicted octanol–water partition coefficient (Wildman–Crippen LogP) is 4.28. The maximum atomic E-state index is 13.3. The highest BCUT2D eigenvalue weighted by Crippen LogP contribution is 2.28. The van der Waals surface area contributed by atoms with E-state index in [0.29, 0.717) is 12.1 Å². The summed E-state index contributed by atoms with van der Waals surface area (Å²) in [5.41, 5.74) is 7.55. The smallest absolute Gasteiger partial charge is 0.271 e. The number of carbonyl (C=O) groups excluding carboxylic acids is 2. The number of H-pyrrole nitrogens is 1. The van der Waals surface area contributed by atoms with Crippen LogP contribution in [0.25, 0.3) is 17.0 Å². The molecule has 0 saturated carbocycles. The number of nitrogens with zero attached hydrogens (tertiary/aromatic N) is 2. The van der Waals surface area contributed by atoms with Crippen LogP contribution in [0.4, 0.5) is 0 Å². The van der Waals surface area contributed by atoms with Gasteiger partial charge in [-0.25, -0.2) is 0 Å². The van der Waals surface area contributed by atoms with Crippen LogP contribution in [0.2, 0.25) is 19.6 Å². The Morgan fingerprint density at radius 1 is 1.03 bits per heavy atom. The Morgan fingerprint density at radius 2 is 1.76 bits per heavy atom. The number of likely N-dealkylation sites (N-methyl/N-ethyl adjacent to an activating group) is 2. The zero-order valence-electron chi connectivity index (χ0n) is 19.8. The molecule has 0 aliphatic carbocycles. The van der Waals surface area contributed by atoms with Crippen LogP contribution in [-0.2, 0) is 16.0 Å². The van der Waals surface area contributed by atoms with Crippen LogP contribution in [0.1, 0.15) is 16.7 Å². The van der Waals surface area contributed by atoms with Gasteiger partial charge in [-0.2, -0.15) is 0 Å². The molecule has 0 bridgehead atoms. The van der Waals surface area contributed by atoms with E-state index in [4.69, 9.17) is 0 Å². The Hall–Kier alpha value is -3.56. The van der Waals surface area contributed by atoms with E-state index in [0.717, 1.165) is 27.6 Å². The standard InChI is InChI=1S/C27H29N3O2Si/c1-29-23(16-19-10-7-6-8-11-19)26(31)30(2)24(27(29)32)17-21-18-28-22-13-9-12-20(25(21)22)14-15-33(3,4)5/h6-13,17-18,23,28H,16H2,1-5H3. The van der Waals surface area contributed by atoms with Gasteiger partial charge < -0.3 is 14.8 Å². The van der Waals surface area contributed by atoms with Gasteiger partial charge >= 0.3 is 0 Å².